The van der Waals surface area contributed by atoms with E-state index in [1.165, 1.54) is 0 Å². The molecule has 232 valence electrons. The molecule has 2 aliphatic heterocycles. The van der Waals surface area contributed by atoms with E-state index >= 15 is 0 Å². The van der Waals surface area contributed by atoms with Crippen LogP contribution in [0, 0.1) is 0 Å². The van der Waals surface area contributed by atoms with Gasteiger partial charge in [-0.25, -0.2) is 4.98 Å². The van der Waals surface area contributed by atoms with Gasteiger partial charge in [0.05, 0.1) is 65.3 Å². The van der Waals surface area contributed by atoms with Crippen LogP contribution in [-0.2, 0) is 16.3 Å². The number of nitrogens with one attached hydrogen (secondary N) is 2. The monoisotopic (exact) mass is 689 g/mol. The second-order valence-electron chi connectivity index (χ2n) is 11.7. The number of methoxy groups -OCH3 is 1. The van der Waals surface area contributed by atoms with E-state index in [4.69, 9.17) is 14.5 Å². The van der Waals surface area contributed by atoms with E-state index in [-0.39, 0.29) is 0 Å². The number of anilines is 5. The molecule has 5 aromatic rings. The lowest BCUT2D eigenvalue weighted by molar-refractivity contribution is 0.0907. The number of rotatable bonds is 8. The molecule has 5 heterocycles. The van der Waals surface area contributed by atoms with Crippen molar-refractivity contribution in [1.82, 2.24) is 29.7 Å². The van der Waals surface area contributed by atoms with E-state index in [0.717, 1.165) is 29.7 Å². The lowest BCUT2D eigenvalue weighted by atomic mass is 10.0. The summed E-state index contributed by atoms with van der Waals surface area (Å²) in [4.78, 5) is 20.7. The first kappa shape index (κ1) is 29.6. The van der Waals surface area contributed by atoms with Crippen molar-refractivity contribution in [2.45, 2.75) is 24.9 Å². The fraction of sp³-hybridized carbons (Fsp3) is 0.323. The van der Waals surface area contributed by atoms with E-state index < -0.39 is 7.14 Å². The summed E-state index contributed by atoms with van der Waals surface area (Å²) in [6, 6.07) is 8.50. The van der Waals surface area contributed by atoms with Crippen LogP contribution < -0.4 is 25.6 Å². The van der Waals surface area contributed by atoms with Crippen LogP contribution in [0.1, 0.15) is 12.8 Å². The van der Waals surface area contributed by atoms with E-state index in [0.29, 0.717) is 75.0 Å². The molecule has 2 saturated heterocycles. The van der Waals surface area contributed by atoms with Gasteiger partial charge in [-0.1, -0.05) is 0 Å². The Kier molecular flexibility index (Phi) is 7.71. The number of hydrogen-bond acceptors (Lipinski definition) is 11. The number of fused-ring (bicyclic) bond motifs is 3. The first-order valence-electron chi connectivity index (χ1n) is 14.6. The molecule has 0 saturated carbocycles. The molecule has 0 aliphatic carbocycles. The smallest absolute Gasteiger partial charge is 0.229 e. The van der Waals surface area contributed by atoms with Gasteiger partial charge in [0.15, 0.2) is 0 Å². The molecule has 0 radical (unpaired) electrons. The van der Waals surface area contributed by atoms with Crippen molar-refractivity contribution in [2.24, 2.45) is 7.05 Å². The van der Waals surface area contributed by atoms with Gasteiger partial charge in [-0.3, -0.25) is 14.6 Å². The Morgan fingerprint density at radius 1 is 1.02 bits per heavy atom. The summed E-state index contributed by atoms with van der Waals surface area (Å²) in [7, 11) is 0.817. The zero-order valence-electron chi connectivity index (χ0n) is 25.4. The van der Waals surface area contributed by atoms with Gasteiger partial charge in [-0.15, -0.1) is 0 Å². The molecule has 2 atom stereocenters. The average Bonchev–Trinajstić information content (AvgIpc) is 3.56. The minimum absolute atomic E-state index is 0.318. The normalized spacial score (nSPS) is 17.9. The third-order valence-electron chi connectivity index (χ3n) is 8.25. The van der Waals surface area contributed by atoms with Crippen LogP contribution in [0.2, 0.25) is 0 Å². The fourth-order valence-electron chi connectivity index (χ4n) is 6.29. The Bertz CT molecular complexity index is 1950. The molecular formula is C31H33BrN9O3P. The Balaban J connectivity index is 1.27. The van der Waals surface area contributed by atoms with Gasteiger partial charge in [-0.2, -0.15) is 10.1 Å². The maximum absolute atomic E-state index is 13.4. The SMILES string of the molecule is COc1cc(N2C3CCC2COC3)c(-c2cnn(C)c2)cc1Nc1ncc(Br)c(Nc2ccc3nccnc3c2P(C)(C)=O)n1. The number of aromatic nitrogens is 6. The molecule has 2 aromatic carbocycles. The largest absolute Gasteiger partial charge is 0.494 e. The number of benzene rings is 2. The van der Waals surface area contributed by atoms with E-state index in [1.54, 1.807) is 43.7 Å². The van der Waals surface area contributed by atoms with Gasteiger partial charge < -0.3 is 29.6 Å². The molecule has 0 spiro atoms. The number of halogens is 1. The van der Waals surface area contributed by atoms with Crippen LogP contribution in [0.25, 0.3) is 22.2 Å². The second-order valence-corrected chi connectivity index (χ2v) is 15.7. The molecular weight excluding hydrogens is 657 g/mol. The highest BCUT2D eigenvalue weighted by Crippen LogP contribution is 2.45. The van der Waals surface area contributed by atoms with Gasteiger partial charge in [0.2, 0.25) is 5.95 Å². The molecule has 3 aromatic heterocycles. The van der Waals surface area contributed by atoms with Crippen LogP contribution >= 0.6 is 23.1 Å². The lowest BCUT2D eigenvalue weighted by Gasteiger charge is -2.38. The molecule has 2 unspecified atom stereocenters. The lowest BCUT2D eigenvalue weighted by Crippen LogP contribution is -2.46. The molecule has 0 amide bonds. The molecule has 2 N–H and O–H groups in total. The summed E-state index contributed by atoms with van der Waals surface area (Å²) in [5, 5.41) is 11.8. The van der Waals surface area contributed by atoms with Crippen LogP contribution in [0.4, 0.5) is 28.8 Å². The maximum atomic E-state index is 13.4. The van der Waals surface area contributed by atoms with Crippen LogP contribution in [0.5, 0.6) is 5.75 Å². The van der Waals surface area contributed by atoms with E-state index in [1.807, 2.05) is 31.6 Å². The zero-order valence-corrected chi connectivity index (χ0v) is 27.8. The van der Waals surface area contributed by atoms with E-state index in [2.05, 4.69) is 63.6 Å². The van der Waals surface area contributed by atoms with Crippen molar-refractivity contribution in [1.29, 1.82) is 0 Å². The number of morpholine rings is 1. The summed E-state index contributed by atoms with van der Waals surface area (Å²) in [5.74, 6) is 1.52. The minimum Gasteiger partial charge on any atom is -0.494 e. The van der Waals surface area contributed by atoms with Crippen molar-refractivity contribution in [2.75, 3.05) is 49.2 Å². The maximum Gasteiger partial charge on any atom is 0.229 e. The van der Waals surface area contributed by atoms with Gasteiger partial charge in [0.1, 0.15) is 24.2 Å². The molecule has 45 heavy (non-hydrogen) atoms. The predicted octanol–water partition coefficient (Wildman–Crippen LogP) is 5.69. The fourth-order valence-corrected chi connectivity index (χ4v) is 7.98. The molecule has 12 nitrogen and oxygen atoms in total. The Morgan fingerprint density at radius 3 is 2.51 bits per heavy atom. The number of ether oxygens (including phenoxy) is 2. The first-order chi connectivity index (χ1) is 21.7. The first-order valence-corrected chi connectivity index (χ1v) is 18.0. The molecule has 14 heteroatoms. The van der Waals surface area contributed by atoms with E-state index in [9.17, 15) is 4.57 Å². The van der Waals surface area contributed by atoms with Gasteiger partial charge in [0, 0.05) is 54.7 Å². The zero-order chi connectivity index (χ0) is 31.3. The summed E-state index contributed by atoms with van der Waals surface area (Å²) in [6.07, 6.45) is 11.0. The number of hydrogen-bond donors (Lipinski definition) is 2. The number of nitrogens with zero attached hydrogens (tertiary/aromatic N) is 7. The Morgan fingerprint density at radius 2 is 1.80 bits per heavy atom. The second kappa shape index (κ2) is 11.7. The topological polar surface area (TPSA) is 132 Å². The van der Waals surface area contributed by atoms with Gasteiger partial charge >= 0.3 is 0 Å². The van der Waals surface area contributed by atoms with Crippen molar-refractivity contribution >= 4 is 68.2 Å². The minimum atomic E-state index is -2.76. The van der Waals surface area contributed by atoms with Crippen molar-refractivity contribution in [3.05, 3.63) is 59.7 Å². The quantitative estimate of drug-likeness (QED) is 0.195. The van der Waals surface area contributed by atoms with Crippen molar-refractivity contribution in [3.8, 4) is 16.9 Å². The molecule has 2 fully saturated rings. The van der Waals surface area contributed by atoms with Crippen molar-refractivity contribution < 1.29 is 14.0 Å². The van der Waals surface area contributed by atoms with Gasteiger partial charge in [0.25, 0.3) is 0 Å². The summed E-state index contributed by atoms with van der Waals surface area (Å²) < 4.78 is 27.7. The summed E-state index contributed by atoms with van der Waals surface area (Å²) in [6.45, 7) is 4.87. The Hall–Kier alpha value is -4.06. The molecule has 7 rings (SSSR count). The third kappa shape index (κ3) is 5.64. The summed E-state index contributed by atoms with van der Waals surface area (Å²) >= 11 is 3.58. The molecule has 2 aliphatic rings. The third-order valence-corrected chi connectivity index (χ3v) is 10.4. The summed E-state index contributed by atoms with van der Waals surface area (Å²) in [5.41, 5.74) is 5.75. The highest BCUT2D eigenvalue weighted by molar-refractivity contribution is 9.10. The van der Waals surface area contributed by atoms with Crippen molar-refractivity contribution in [3.63, 3.8) is 0 Å². The van der Waals surface area contributed by atoms with Crippen LogP contribution in [0.15, 0.2) is 59.7 Å². The predicted molar refractivity (Wildman–Crippen MR) is 180 cm³/mol. The number of aryl methyl sites for hydroxylation is 1. The highest BCUT2D eigenvalue weighted by atomic mass is 79.9. The van der Waals surface area contributed by atoms with Crippen LogP contribution in [-0.4, -0.2) is 75.5 Å². The highest BCUT2D eigenvalue weighted by Gasteiger charge is 2.39. The van der Waals surface area contributed by atoms with Crippen LogP contribution in [0.3, 0.4) is 0 Å². The Labute approximate surface area is 269 Å². The van der Waals surface area contributed by atoms with Gasteiger partial charge in [-0.05, 0) is 60.3 Å². The standard InChI is InChI=1S/C31H33BrN9O3P/c1-40-15-18(13-36-40)21-11-25(27(43-2)12-26(21)41-19-5-6-20(41)17-44-16-19)38-31-35-14-22(32)30(39-31)37-24-8-7-23-28(34-10-9-33-23)29(24)45(3,4)42/h7-15,19-20H,5-6,16-17H2,1-4H3,(H2,35,37,38,39). The molecule has 2 bridgehead atoms. The average molecular weight is 691 g/mol.